The smallest absolute Gasteiger partial charge is 0.410 e. The summed E-state index contributed by atoms with van der Waals surface area (Å²) in [6.07, 6.45) is 0.709. The van der Waals surface area contributed by atoms with Crippen LogP contribution < -0.4 is 5.56 Å². The van der Waals surface area contributed by atoms with Gasteiger partial charge in [0.15, 0.2) is 0 Å². The lowest BCUT2D eigenvalue weighted by molar-refractivity contribution is 0.0216. The number of likely N-dealkylation sites (tertiary alicyclic amines) is 1. The van der Waals surface area contributed by atoms with Gasteiger partial charge in [0.1, 0.15) is 23.1 Å². The van der Waals surface area contributed by atoms with Crippen molar-refractivity contribution in [1.29, 1.82) is 0 Å². The number of aromatic nitrogens is 2. The van der Waals surface area contributed by atoms with Gasteiger partial charge >= 0.3 is 6.09 Å². The normalized spacial score (nSPS) is 16.6. The Labute approximate surface area is 184 Å². The fourth-order valence-electron chi connectivity index (χ4n) is 4.08. The number of para-hydroxylation sites is 1. The molecule has 32 heavy (non-hydrogen) atoms. The molecular formula is C24H25F2N3O3. The molecule has 0 bridgehead atoms. The van der Waals surface area contributed by atoms with E-state index in [-0.39, 0.29) is 11.5 Å². The summed E-state index contributed by atoms with van der Waals surface area (Å²) in [5.74, 6) is -1.36. The quantitative estimate of drug-likeness (QED) is 0.559. The van der Waals surface area contributed by atoms with E-state index in [9.17, 15) is 18.4 Å². The van der Waals surface area contributed by atoms with E-state index in [4.69, 9.17) is 9.72 Å². The third-order valence-corrected chi connectivity index (χ3v) is 5.41. The summed E-state index contributed by atoms with van der Waals surface area (Å²) in [6.45, 7) is 7.60. The predicted octanol–water partition coefficient (Wildman–Crippen LogP) is 5.04. The number of benzene rings is 2. The van der Waals surface area contributed by atoms with Gasteiger partial charge in [-0.05, 0) is 64.3 Å². The number of aryl methyl sites for hydroxylation is 1. The first-order valence-electron chi connectivity index (χ1n) is 10.5. The van der Waals surface area contributed by atoms with E-state index in [1.54, 1.807) is 32.9 Å². The van der Waals surface area contributed by atoms with Crippen LogP contribution in [-0.4, -0.2) is 32.7 Å². The molecule has 0 spiro atoms. The van der Waals surface area contributed by atoms with E-state index in [1.807, 2.05) is 13.0 Å². The monoisotopic (exact) mass is 441 g/mol. The van der Waals surface area contributed by atoms with E-state index in [1.165, 1.54) is 9.47 Å². The maximum Gasteiger partial charge on any atom is 0.410 e. The number of nitrogens with zero attached hydrogens (tertiary/aromatic N) is 3. The van der Waals surface area contributed by atoms with Crippen LogP contribution in [0.15, 0.2) is 41.2 Å². The van der Waals surface area contributed by atoms with Gasteiger partial charge in [-0.25, -0.2) is 18.6 Å². The fourth-order valence-corrected chi connectivity index (χ4v) is 4.08. The molecule has 0 aliphatic carbocycles. The summed E-state index contributed by atoms with van der Waals surface area (Å²) >= 11 is 0. The standard InChI is InChI=1S/C24H25F2N3O3/c1-14-7-5-8-18-20(14)27-21(19-9-6-10-28(19)23(31)32-24(2,3)4)29(22(18)30)17-12-15(25)11-16(26)13-17/h5,7-8,11-13,19H,6,9-10H2,1-4H3/t19-/m0/s1. The molecule has 1 amide bonds. The lowest BCUT2D eigenvalue weighted by atomic mass is 10.1. The minimum Gasteiger partial charge on any atom is -0.444 e. The highest BCUT2D eigenvalue weighted by Crippen LogP contribution is 2.34. The summed E-state index contributed by atoms with van der Waals surface area (Å²) in [5, 5.41) is 0.334. The number of halogens is 2. The van der Waals surface area contributed by atoms with Gasteiger partial charge in [-0.2, -0.15) is 0 Å². The third kappa shape index (κ3) is 4.09. The van der Waals surface area contributed by atoms with E-state index in [0.29, 0.717) is 30.3 Å². The Kier molecular flexibility index (Phi) is 5.48. The molecule has 1 aliphatic rings. The number of amides is 1. The largest absolute Gasteiger partial charge is 0.444 e. The first kappa shape index (κ1) is 21.9. The SMILES string of the molecule is Cc1cccc2c(=O)n(-c3cc(F)cc(F)c3)c([C@@H]3CCCN3C(=O)OC(C)(C)C)nc12. The molecule has 6 nitrogen and oxygen atoms in total. The molecule has 0 radical (unpaired) electrons. The maximum absolute atomic E-state index is 14.1. The Morgan fingerprint density at radius 2 is 1.84 bits per heavy atom. The molecule has 0 saturated carbocycles. The number of fused-ring (bicyclic) bond motifs is 1. The van der Waals surface area contributed by atoms with Crippen molar-refractivity contribution in [2.45, 2.75) is 52.2 Å². The number of rotatable bonds is 2. The van der Waals surface area contributed by atoms with Crippen LogP contribution in [0.3, 0.4) is 0 Å². The molecule has 168 valence electrons. The van der Waals surface area contributed by atoms with Gasteiger partial charge in [-0.15, -0.1) is 0 Å². The number of carbonyl (C=O) groups excluding carboxylic acids is 1. The first-order chi connectivity index (χ1) is 15.0. The van der Waals surface area contributed by atoms with Crippen LogP contribution in [0.25, 0.3) is 16.6 Å². The van der Waals surface area contributed by atoms with Crippen LogP contribution >= 0.6 is 0 Å². The Balaban J connectivity index is 1.96. The molecule has 4 rings (SSSR count). The number of ether oxygens (including phenoxy) is 1. The average molecular weight is 441 g/mol. The summed E-state index contributed by atoms with van der Waals surface area (Å²) in [6, 6.07) is 7.55. The van der Waals surface area contributed by atoms with Crippen LogP contribution in [0.2, 0.25) is 0 Å². The first-order valence-corrected chi connectivity index (χ1v) is 10.5. The highest BCUT2D eigenvalue weighted by molar-refractivity contribution is 5.81. The van der Waals surface area contributed by atoms with Crippen molar-refractivity contribution in [2.24, 2.45) is 0 Å². The van der Waals surface area contributed by atoms with E-state index in [2.05, 4.69) is 0 Å². The Morgan fingerprint density at radius 1 is 1.16 bits per heavy atom. The minimum atomic E-state index is -0.808. The molecule has 8 heteroatoms. The van der Waals surface area contributed by atoms with Crippen molar-refractivity contribution in [3.8, 4) is 5.69 Å². The molecule has 2 aromatic carbocycles. The number of hydrogen-bond donors (Lipinski definition) is 0. The molecular weight excluding hydrogens is 416 g/mol. The van der Waals surface area contributed by atoms with Gasteiger partial charge in [0.25, 0.3) is 5.56 Å². The predicted molar refractivity (Wildman–Crippen MR) is 117 cm³/mol. The van der Waals surface area contributed by atoms with Crippen molar-refractivity contribution in [3.05, 3.63) is 69.8 Å². The Bertz CT molecular complexity index is 1240. The number of carbonyl (C=O) groups is 1. The van der Waals surface area contributed by atoms with Crippen LogP contribution in [-0.2, 0) is 4.74 Å². The number of hydrogen-bond acceptors (Lipinski definition) is 4. The van der Waals surface area contributed by atoms with Crippen molar-refractivity contribution >= 4 is 17.0 Å². The lowest BCUT2D eigenvalue weighted by Gasteiger charge is -2.29. The molecule has 1 aromatic heterocycles. The van der Waals surface area contributed by atoms with Gasteiger partial charge in [0.2, 0.25) is 0 Å². The Hall–Kier alpha value is -3.29. The van der Waals surface area contributed by atoms with Gasteiger partial charge in [0, 0.05) is 12.6 Å². The minimum absolute atomic E-state index is 0.0226. The summed E-state index contributed by atoms with van der Waals surface area (Å²) in [4.78, 5) is 32.7. The molecule has 1 saturated heterocycles. The van der Waals surface area contributed by atoms with Gasteiger partial charge in [0.05, 0.1) is 22.6 Å². The van der Waals surface area contributed by atoms with E-state index in [0.717, 1.165) is 23.8 Å². The van der Waals surface area contributed by atoms with Gasteiger partial charge < -0.3 is 4.74 Å². The second kappa shape index (κ2) is 8.00. The molecule has 0 unspecified atom stereocenters. The van der Waals surface area contributed by atoms with E-state index >= 15 is 0 Å². The summed E-state index contributed by atoms with van der Waals surface area (Å²) < 4.78 is 34.9. The highest BCUT2D eigenvalue weighted by atomic mass is 19.1. The van der Waals surface area contributed by atoms with Crippen molar-refractivity contribution in [2.75, 3.05) is 6.54 Å². The van der Waals surface area contributed by atoms with Gasteiger partial charge in [-0.3, -0.25) is 14.3 Å². The topological polar surface area (TPSA) is 64.4 Å². The highest BCUT2D eigenvalue weighted by Gasteiger charge is 2.36. The second-order valence-electron chi connectivity index (χ2n) is 9.04. The molecule has 1 fully saturated rings. The van der Waals surface area contributed by atoms with Crippen LogP contribution in [0.1, 0.15) is 51.0 Å². The van der Waals surface area contributed by atoms with Gasteiger partial charge in [-0.1, -0.05) is 12.1 Å². The molecule has 1 aliphatic heterocycles. The fraction of sp³-hybridized carbons (Fsp3) is 0.375. The molecule has 3 aromatic rings. The average Bonchev–Trinajstić information content (AvgIpc) is 3.16. The van der Waals surface area contributed by atoms with E-state index < -0.39 is 34.9 Å². The lowest BCUT2D eigenvalue weighted by Crippen LogP contribution is -2.38. The summed E-state index contributed by atoms with van der Waals surface area (Å²) in [5.41, 5.74) is 0.171. The molecule has 0 N–H and O–H groups in total. The van der Waals surface area contributed by atoms with Crippen LogP contribution in [0, 0.1) is 18.6 Å². The zero-order valence-electron chi connectivity index (χ0n) is 18.5. The van der Waals surface area contributed by atoms with Crippen molar-refractivity contribution < 1.29 is 18.3 Å². The zero-order valence-corrected chi connectivity index (χ0v) is 18.5. The third-order valence-electron chi connectivity index (χ3n) is 5.41. The molecule has 2 heterocycles. The van der Waals surface area contributed by atoms with Crippen molar-refractivity contribution in [1.82, 2.24) is 14.5 Å². The van der Waals surface area contributed by atoms with Crippen LogP contribution in [0.5, 0.6) is 0 Å². The maximum atomic E-state index is 14.1. The second-order valence-corrected chi connectivity index (χ2v) is 9.04. The summed E-state index contributed by atoms with van der Waals surface area (Å²) in [7, 11) is 0. The Morgan fingerprint density at radius 3 is 2.50 bits per heavy atom. The molecule has 1 atom stereocenters. The van der Waals surface area contributed by atoms with Crippen molar-refractivity contribution in [3.63, 3.8) is 0 Å². The zero-order chi connectivity index (χ0) is 23.2. The van der Waals surface area contributed by atoms with Crippen LogP contribution in [0.4, 0.5) is 13.6 Å².